The average Bonchev–Trinajstić information content (AvgIpc) is 3.45. The minimum atomic E-state index is -4.10. The summed E-state index contributed by atoms with van der Waals surface area (Å²) < 4.78 is 43.1. The van der Waals surface area contributed by atoms with Gasteiger partial charge in [-0.15, -0.1) is 6.58 Å². The van der Waals surface area contributed by atoms with Crippen LogP contribution < -0.4 is 9.44 Å². The fourth-order valence-corrected chi connectivity index (χ4v) is 4.49. The minimum absolute atomic E-state index is 0.0162. The lowest BCUT2D eigenvalue weighted by Crippen LogP contribution is -2.42. The lowest BCUT2D eigenvalue weighted by atomic mass is 10.1. The maximum absolute atomic E-state index is 11.9. The Labute approximate surface area is 201 Å². The quantitative estimate of drug-likeness (QED) is 0.144. The molecule has 1 rings (SSSR count). The number of allylic oxidation sites excluding steroid dienone is 1. The zero-order valence-corrected chi connectivity index (χ0v) is 20.6. The second-order valence-corrected chi connectivity index (χ2v) is 9.41. The molecule has 0 aromatic carbocycles. The van der Waals surface area contributed by atoms with Crippen LogP contribution in [0.1, 0.15) is 32.6 Å². The zero-order chi connectivity index (χ0) is 25.4. The number of carbonyl (C=O) groups is 2. The van der Waals surface area contributed by atoms with Gasteiger partial charge in [-0.1, -0.05) is 25.8 Å². The summed E-state index contributed by atoms with van der Waals surface area (Å²) in [5.41, 5.74) is 0. The number of aliphatic hydroxyl groups excluding tert-OH is 2. The van der Waals surface area contributed by atoms with E-state index in [-0.39, 0.29) is 65.2 Å². The predicted octanol–water partition coefficient (Wildman–Crippen LogP) is 0.615. The fourth-order valence-electron chi connectivity index (χ4n) is 3.78. The van der Waals surface area contributed by atoms with E-state index >= 15 is 0 Å². The molecule has 3 atom stereocenters. The van der Waals surface area contributed by atoms with E-state index in [4.69, 9.17) is 24.4 Å². The third kappa shape index (κ3) is 12.0. The van der Waals surface area contributed by atoms with Gasteiger partial charge in [-0.25, -0.2) is 14.3 Å². The Morgan fingerprint density at radius 1 is 1.03 bits per heavy atom. The summed E-state index contributed by atoms with van der Waals surface area (Å²) >= 11 is 0. The molecule has 0 radical (unpaired) electrons. The van der Waals surface area contributed by atoms with Gasteiger partial charge in [-0.05, 0) is 30.6 Å². The van der Waals surface area contributed by atoms with Gasteiger partial charge in [0, 0.05) is 19.6 Å². The first kappa shape index (κ1) is 30.1. The average molecular weight is 510 g/mol. The molecule has 2 amide bonds. The van der Waals surface area contributed by atoms with Gasteiger partial charge < -0.3 is 29.3 Å². The van der Waals surface area contributed by atoms with Crippen molar-refractivity contribution in [1.29, 1.82) is 0 Å². The van der Waals surface area contributed by atoms with Gasteiger partial charge in [-0.3, -0.25) is 0 Å². The van der Waals surface area contributed by atoms with Gasteiger partial charge >= 0.3 is 22.4 Å². The number of aliphatic hydroxyl groups is 2. The Balaban J connectivity index is 2.18. The topological polar surface area (TPSA) is 164 Å². The highest BCUT2D eigenvalue weighted by atomic mass is 32.2. The van der Waals surface area contributed by atoms with Crippen molar-refractivity contribution in [3.8, 4) is 0 Å². The predicted molar refractivity (Wildman–Crippen MR) is 124 cm³/mol. The van der Waals surface area contributed by atoms with E-state index in [2.05, 4.69) is 18.2 Å². The largest absolute Gasteiger partial charge is 0.449 e. The lowest BCUT2D eigenvalue weighted by molar-refractivity contribution is 0.0502. The van der Waals surface area contributed by atoms with Crippen molar-refractivity contribution in [2.24, 2.45) is 17.8 Å². The summed E-state index contributed by atoms with van der Waals surface area (Å²) in [4.78, 5) is 24.8. The molecule has 4 N–H and O–H groups in total. The van der Waals surface area contributed by atoms with Crippen molar-refractivity contribution in [3.05, 3.63) is 12.7 Å². The molecule has 0 unspecified atom stereocenters. The molecule has 34 heavy (non-hydrogen) atoms. The van der Waals surface area contributed by atoms with Crippen LogP contribution in [-0.4, -0.2) is 95.0 Å². The van der Waals surface area contributed by atoms with Gasteiger partial charge in [0.05, 0.1) is 33.0 Å². The Bertz CT molecular complexity index is 714. The molecule has 0 spiro atoms. The summed E-state index contributed by atoms with van der Waals surface area (Å²) in [6, 6.07) is 0. The fraction of sp³-hybridized carbons (Fsp3) is 0.810. The monoisotopic (exact) mass is 509 g/mol. The number of nitrogens with one attached hydrogen (secondary N) is 2. The van der Waals surface area contributed by atoms with Gasteiger partial charge in [0.25, 0.3) is 0 Å². The number of rotatable bonds is 19. The third-order valence-corrected chi connectivity index (χ3v) is 6.47. The Morgan fingerprint density at radius 3 is 2.32 bits per heavy atom. The van der Waals surface area contributed by atoms with Crippen LogP contribution >= 0.6 is 0 Å². The Morgan fingerprint density at radius 2 is 1.71 bits per heavy atom. The molecule has 1 aliphatic carbocycles. The lowest BCUT2D eigenvalue weighted by Gasteiger charge is -2.19. The number of carbonyl (C=O) groups excluding carboxylic acids is 2. The van der Waals surface area contributed by atoms with E-state index in [9.17, 15) is 18.0 Å². The molecule has 1 fully saturated rings. The number of amides is 2. The third-order valence-electron chi connectivity index (χ3n) is 5.45. The second kappa shape index (κ2) is 16.7. The van der Waals surface area contributed by atoms with Crippen LogP contribution in [0.15, 0.2) is 12.7 Å². The summed E-state index contributed by atoms with van der Waals surface area (Å²) in [6.45, 7) is 5.37. The molecule has 0 bridgehead atoms. The van der Waals surface area contributed by atoms with Crippen molar-refractivity contribution in [1.82, 2.24) is 14.3 Å². The first-order valence-corrected chi connectivity index (χ1v) is 13.0. The van der Waals surface area contributed by atoms with Crippen LogP contribution in [0, 0.1) is 17.8 Å². The van der Waals surface area contributed by atoms with E-state index in [1.165, 1.54) is 0 Å². The first-order chi connectivity index (χ1) is 16.3. The number of hydrogen-bond acceptors (Lipinski definition) is 9. The molecule has 0 aromatic rings. The highest BCUT2D eigenvalue weighted by molar-refractivity contribution is 7.88. The zero-order valence-electron chi connectivity index (χ0n) is 19.8. The molecule has 12 nitrogen and oxygen atoms in total. The highest BCUT2D eigenvalue weighted by Crippen LogP contribution is 2.52. The number of hydrogen-bond donors (Lipinski definition) is 4. The van der Waals surface area contributed by atoms with Gasteiger partial charge in [0.2, 0.25) is 0 Å². The van der Waals surface area contributed by atoms with E-state index in [1.807, 2.05) is 10.8 Å². The van der Waals surface area contributed by atoms with E-state index < -0.39 is 22.4 Å². The van der Waals surface area contributed by atoms with Crippen LogP contribution in [0.25, 0.3) is 0 Å². The molecule has 1 aliphatic rings. The normalized spacial score (nSPS) is 19.3. The van der Waals surface area contributed by atoms with Crippen LogP contribution in [0.5, 0.6) is 0 Å². The SMILES string of the molecule is C=CCC[C@H]1[C@@H](CCC)[C@H]1COC(=O)NS(=O)(=O)NCCOCCOC(=O)N(CCO)CCO. The molecule has 1 saturated carbocycles. The minimum Gasteiger partial charge on any atom is -0.449 e. The Hall–Kier alpha value is -1.93. The van der Waals surface area contributed by atoms with Crippen LogP contribution in [0.4, 0.5) is 9.59 Å². The van der Waals surface area contributed by atoms with E-state index in [0.29, 0.717) is 11.8 Å². The summed E-state index contributed by atoms with van der Waals surface area (Å²) in [5, 5.41) is 17.8. The summed E-state index contributed by atoms with van der Waals surface area (Å²) in [5.74, 6) is 1.23. The van der Waals surface area contributed by atoms with Gasteiger partial charge in [0.1, 0.15) is 6.61 Å². The summed E-state index contributed by atoms with van der Waals surface area (Å²) in [7, 11) is -4.10. The molecule has 13 heteroatoms. The van der Waals surface area contributed by atoms with Crippen molar-refractivity contribution < 1.29 is 42.4 Å². The van der Waals surface area contributed by atoms with Gasteiger partial charge in [-0.2, -0.15) is 13.1 Å². The molecule has 0 heterocycles. The standard InChI is InChI=1S/C21H39N3O9S/c1-3-5-7-18-17(6-4-2)19(18)16-33-20(27)23-34(29,30)22-8-13-31-14-15-32-21(28)24(9-11-25)10-12-26/h3,17-19,22,25-26H,1,4-16H2,2H3,(H,23,27)/t17-,18+,19-/m1/s1. The second-order valence-electron chi connectivity index (χ2n) is 7.91. The Kier molecular flexibility index (Phi) is 14.7. The van der Waals surface area contributed by atoms with E-state index in [1.54, 1.807) is 0 Å². The molecule has 0 aliphatic heterocycles. The van der Waals surface area contributed by atoms with Gasteiger partial charge in [0.15, 0.2) is 0 Å². The van der Waals surface area contributed by atoms with Crippen LogP contribution in [0.3, 0.4) is 0 Å². The van der Waals surface area contributed by atoms with Crippen molar-refractivity contribution in [2.75, 3.05) is 59.3 Å². The number of nitrogens with zero attached hydrogens (tertiary/aromatic N) is 1. The summed E-state index contributed by atoms with van der Waals surface area (Å²) in [6.07, 6.45) is 4.14. The first-order valence-electron chi connectivity index (χ1n) is 11.6. The smallest absolute Gasteiger partial charge is 0.421 e. The maximum atomic E-state index is 11.9. The molecule has 0 aromatic heterocycles. The van der Waals surface area contributed by atoms with Crippen molar-refractivity contribution in [2.45, 2.75) is 32.6 Å². The van der Waals surface area contributed by atoms with Crippen LogP contribution in [0.2, 0.25) is 0 Å². The maximum Gasteiger partial charge on any atom is 0.421 e. The number of ether oxygens (including phenoxy) is 3. The molecular formula is C21H39N3O9S. The van der Waals surface area contributed by atoms with Crippen LogP contribution in [-0.2, 0) is 24.4 Å². The molecule has 0 saturated heterocycles. The molecule has 198 valence electrons. The van der Waals surface area contributed by atoms with E-state index in [0.717, 1.165) is 30.6 Å². The van der Waals surface area contributed by atoms with Crippen molar-refractivity contribution >= 4 is 22.4 Å². The highest BCUT2D eigenvalue weighted by Gasteiger charge is 2.48. The van der Waals surface area contributed by atoms with Crippen molar-refractivity contribution in [3.63, 3.8) is 0 Å². The molecular weight excluding hydrogens is 470 g/mol.